The minimum absolute atomic E-state index is 0.164. The Balaban J connectivity index is 1.68. The van der Waals surface area contributed by atoms with Gasteiger partial charge in [0.25, 0.3) is 5.56 Å². The Hall–Kier alpha value is -2.38. The Bertz CT molecular complexity index is 1150. The molecule has 29 heavy (non-hydrogen) atoms. The molecule has 3 aromatic rings. The van der Waals surface area contributed by atoms with Crippen LogP contribution in [-0.4, -0.2) is 22.6 Å². The zero-order valence-corrected chi connectivity index (χ0v) is 18.1. The number of methoxy groups -OCH3 is 1. The van der Waals surface area contributed by atoms with Crippen LogP contribution in [0.25, 0.3) is 10.2 Å². The van der Waals surface area contributed by atoms with Crippen molar-refractivity contribution in [2.75, 3.05) is 12.4 Å². The molecule has 0 saturated carbocycles. The molecule has 0 bridgehead atoms. The van der Waals surface area contributed by atoms with Gasteiger partial charge in [0, 0.05) is 9.90 Å². The first-order chi connectivity index (χ1) is 13.9. The maximum absolute atomic E-state index is 13.2. The van der Waals surface area contributed by atoms with Gasteiger partial charge in [0.2, 0.25) is 5.91 Å². The van der Waals surface area contributed by atoms with E-state index in [1.807, 2.05) is 0 Å². The molecule has 1 aromatic carbocycles. The van der Waals surface area contributed by atoms with Crippen molar-refractivity contribution in [2.45, 2.75) is 39.2 Å². The van der Waals surface area contributed by atoms with Gasteiger partial charge in [-0.15, -0.1) is 11.3 Å². The van der Waals surface area contributed by atoms with E-state index in [4.69, 9.17) is 16.3 Å². The molecule has 2 aromatic heterocycles. The number of amides is 1. The lowest BCUT2D eigenvalue weighted by Gasteiger charge is -2.18. The van der Waals surface area contributed by atoms with Crippen LogP contribution in [-0.2, 0) is 17.6 Å². The predicted molar refractivity (Wildman–Crippen MR) is 116 cm³/mol. The van der Waals surface area contributed by atoms with Gasteiger partial charge in [-0.25, -0.2) is 4.98 Å². The number of fused-ring (bicyclic) bond motifs is 3. The summed E-state index contributed by atoms with van der Waals surface area (Å²) in [6.45, 7) is 3.91. The molecule has 0 aliphatic heterocycles. The van der Waals surface area contributed by atoms with E-state index >= 15 is 0 Å². The van der Waals surface area contributed by atoms with Gasteiger partial charge in [0.15, 0.2) is 0 Å². The third kappa shape index (κ3) is 3.65. The molecule has 4 rings (SSSR count). The number of carbonyl (C=O) groups excluding carboxylic acids is 1. The largest absolute Gasteiger partial charge is 0.495 e. The molecule has 1 aliphatic rings. The predicted octanol–water partition coefficient (Wildman–Crippen LogP) is 4.44. The van der Waals surface area contributed by atoms with Gasteiger partial charge in [-0.3, -0.25) is 14.2 Å². The highest BCUT2D eigenvalue weighted by atomic mass is 35.5. The molecule has 2 atom stereocenters. The van der Waals surface area contributed by atoms with E-state index in [1.54, 1.807) is 36.5 Å². The number of anilines is 1. The van der Waals surface area contributed by atoms with Crippen molar-refractivity contribution in [1.29, 1.82) is 0 Å². The molecular formula is C21H22ClN3O3S. The number of rotatable bonds is 4. The number of thiophene rings is 1. The van der Waals surface area contributed by atoms with Gasteiger partial charge in [-0.05, 0) is 55.9 Å². The zero-order valence-electron chi connectivity index (χ0n) is 16.5. The summed E-state index contributed by atoms with van der Waals surface area (Å²) in [6, 6.07) is 4.25. The SMILES string of the molecule is COc1ccc(Cl)cc1NC(=O)C(C)n1cnc2sc3c(c2c1=O)CCC(C)C3. The summed E-state index contributed by atoms with van der Waals surface area (Å²) in [5.74, 6) is 0.776. The fourth-order valence-electron chi connectivity index (χ4n) is 3.76. The number of carbonyl (C=O) groups is 1. The second-order valence-corrected chi connectivity index (χ2v) is 9.02. The Kier molecular flexibility index (Phi) is 5.36. The minimum Gasteiger partial charge on any atom is -0.495 e. The summed E-state index contributed by atoms with van der Waals surface area (Å²) in [7, 11) is 1.52. The molecule has 1 N–H and O–H groups in total. The van der Waals surface area contributed by atoms with Crippen LogP contribution < -0.4 is 15.6 Å². The first kappa shape index (κ1) is 19.9. The summed E-state index contributed by atoms with van der Waals surface area (Å²) >= 11 is 7.64. The fourth-order valence-corrected chi connectivity index (χ4v) is 5.27. The number of ether oxygens (including phenoxy) is 1. The molecule has 0 radical (unpaired) electrons. The van der Waals surface area contributed by atoms with Crippen molar-refractivity contribution in [3.63, 3.8) is 0 Å². The van der Waals surface area contributed by atoms with Crippen molar-refractivity contribution in [1.82, 2.24) is 9.55 Å². The van der Waals surface area contributed by atoms with Crippen LogP contribution >= 0.6 is 22.9 Å². The summed E-state index contributed by atoms with van der Waals surface area (Å²) in [6.07, 6.45) is 4.41. The first-order valence-electron chi connectivity index (χ1n) is 9.54. The first-order valence-corrected chi connectivity index (χ1v) is 10.7. The standard InChI is InChI=1S/C21H22ClN3O3S/c1-11-4-6-14-17(8-11)29-20-18(14)21(27)25(10-23-20)12(2)19(26)24-15-9-13(22)5-7-16(15)28-3/h5,7,9-12H,4,6,8H2,1-3H3,(H,24,26). The number of aryl methyl sites for hydroxylation is 1. The molecule has 1 amide bonds. The Labute approximate surface area is 177 Å². The second kappa shape index (κ2) is 7.80. The van der Waals surface area contributed by atoms with E-state index in [9.17, 15) is 9.59 Å². The summed E-state index contributed by atoms with van der Waals surface area (Å²) in [5.41, 5.74) is 1.41. The molecule has 0 spiro atoms. The molecule has 0 saturated heterocycles. The van der Waals surface area contributed by atoms with Crippen molar-refractivity contribution in [3.05, 3.63) is 50.3 Å². The van der Waals surface area contributed by atoms with E-state index < -0.39 is 6.04 Å². The molecule has 0 fully saturated rings. The van der Waals surface area contributed by atoms with Crippen molar-refractivity contribution < 1.29 is 9.53 Å². The van der Waals surface area contributed by atoms with Gasteiger partial charge >= 0.3 is 0 Å². The molecule has 8 heteroatoms. The number of aromatic nitrogens is 2. The average molecular weight is 432 g/mol. The van der Waals surface area contributed by atoms with E-state index in [-0.39, 0.29) is 11.5 Å². The van der Waals surface area contributed by atoms with Crippen LogP contribution in [0.5, 0.6) is 5.75 Å². The molecule has 2 unspecified atom stereocenters. The normalized spacial score (nSPS) is 17.0. The van der Waals surface area contributed by atoms with Crippen molar-refractivity contribution in [2.24, 2.45) is 5.92 Å². The van der Waals surface area contributed by atoms with Gasteiger partial charge < -0.3 is 10.1 Å². The van der Waals surface area contributed by atoms with Crippen LogP contribution in [0.2, 0.25) is 5.02 Å². The highest BCUT2D eigenvalue weighted by molar-refractivity contribution is 7.18. The minimum atomic E-state index is -0.735. The topological polar surface area (TPSA) is 73.2 Å². The Morgan fingerprint density at radius 2 is 2.24 bits per heavy atom. The smallest absolute Gasteiger partial charge is 0.263 e. The molecule has 152 valence electrons. The number of hydrogen-bond acceptors (Lipinski definition) is 5. The van der Waals surface area contributed by atoms with E-state index in [0.717, 1.165) is 29.7 Å². The molecule has 2 heterocycles. The van der Waals surface area contributed by atoms with Gasteiger partial charge in [-0.2, -0.15) is 0 Å². The molecule has 1 aliphatic carbocycles. The van der Waals surface area contributed by atoms with Crippen LogP contribution in [0.15, 0.2) is 29.3 Å². The number of nitrogens with zero attached hydrogens (tertiary/aromatic N) is 2. The van der Waals surface area contributed by atoms with E-state index in [2.05, 4.69) is 17.2 Å². The Morgan fingerprint density at radius 1 is 1.45 bits per heavy atom. The highest BCUT2D eigenvalue weighted by Crippen LogP contribution is 2.35. The van der Waals surface area contributed by atoms with Crippen LogP contribution in [0.3, 0.4) is 0 Å². The van der Waals surface area contributed by atoms with Gasteiger partial charge in [-0.1, -0.05) is 18.5 Å². The van der Waals surface area contributed by atoms with Gasteiger partial charge in [0.05, 0.1) is 24.5 Å². The lowest BCUT2D eigenvalue weighted by atomic mass is 9.89. The summed E-state index contributed by atoms with van der Waals surface area (Å²) in [5, 5.41) is 3.95. The third-order valence-electron chi connectivity index (χ3n) is 5.46. The zero-order chi connectivity index (χ0) is 20.7. The summed E-state index contributed by atoms with van der Waals surface area (Å²) < 4.78 is 6.68. The fraction of sp³-hybridized carbons (Fsp3) is 0.381. The van der Waals surface area contributed by atoms with Gasteiger partial charge in [0.1, 0.15) is 16.6 Å². The lowest BCUT2D eigenvalue weighted by Crippen LogP contribution is -2.32. The second-order valence-electron chi connectivity index (χ2n) is 7.50. The number of halogens is 1. The maximum atomic E-state index is 13.2. The lowest BCUT2D eigenvalue weighted by molar-refractivity contribution is -0.118. The monoisotopic (exact) mass is 431 g/mol. The van der Waals surface area contributed by atoms with E-state index in [1.165, 1.54) is 22.9 Å². The highest BCUT2D eigenvalue weighted by Gasteiger charge is 2.25. The molecule has 6 nitrogen and oxygen atoms in total. The maximum Gasteiger partial charge on any atom is 0.263 e. The third-order valence-corrected chi connectivity index (χ3v) is 6.85. The quantitative estimate of drug-likeness (QED) is 0.662. The van der Waals surface area contributed by atoms with Crippen LogP contribution in [0, 0.1) is 5.92 Å². The molecular weight excluding hydrogens is 410 g/mol. The number of nitrogens with one attached hydrogen (secondary N) is 1. The summed E-state index contributed by atoms with van der Waals surface area (Å²) in [4.78, 5) is 32.6. The van der Waals surface area contributed by atoms with Crippen molar-refractivity contribution >= 4 is 44.7 Å². The Morgan fingerprint density at radius 3 is 3.00 bits per heavy atom. The number of hydrogen-bond donors (Lipinski definition) is 1. The van der Waals surface area contributed by atoms with Crippen LogP contribution in [0.1, 0.15) is 36.8 Å². The number of benzene rings is 1. The average Bonchev–Trinajstić information content (AvgIpc) is 3.06. The van der Waals surface area contributed by atoms with E-state index in [0.29, 0.717) is 27.8 Å². The van der Waals surface area contributed by atoms with Crippen molar-refractivity contribution in [3.8, 4) is 5.75 Å². The van der Waals surface area contributed by atoms with Crippen LogP contribution in [0.4, 0.5) is 5.69 Å².